The summed E-state index contributed by atoms with van der Waals surface area (Å²) in [7, 11) is 0. The van der Waals surface area contributed by atoms with Gasteiger partial charge in [0.05, 0.1) is 29.7 Å². The van der Waals surface area contributed by atoms with Gasteiger partial charge in [-0.05, 0) is 31.2 Å². The van der Waals surface area contributed by atoms with E-state index in [4.69, 9.17) is 4.74 Å². The first kappa shape index (κ1) is 22.4. The fourth-order valence-corrected chi connectivity index (χ4v) is 3.81. The average Bonchev–Trinajstić information content (AvgIpc) is 3.24. The lowest BCUT2D eigenvalue weighted by molar-refractivity contribution is -0.220. The molecule has 1 unspecified atom stereocenters. The van der Waals surface area contributed by atoms with Gasteiger partial charge in [-0.3, -0.25) is 14.9 Å². The van der Waals surface area contributed by atoms with Crippen LogP contribution in [0.1, 0.15) is 24.0 Å². The number of aromatic nitrogens is 5. The lowest BCUT2D eigenvalue weighted by Gasteiger charge is -2.39. The molecule has 0 bridgehead atoms. The molecule has 0 aromatic carbocycles. The van der Waals surface area contributed by atoms with Gasteiger partial charge < -0.3 is 20.1 Å². The van der Waals surface area contributed by atoms with Crippen LogP contribution >= 0.6 is 0 Å². The second kappa shape index (κ2) is 10.2. The molecule has 1 aliphatic rings. The number of aliphatic hydroxyl groups excluding tert-OH is 3. The molecule has 3 aromatic heterocycles. The summed E-state index contributed by atoms with van der Waals surface area (Å²) < 4.78 is 7.24. The first-order chi connectivity index (χ1) is 15.5. The molecule has 5 atom stereocenters. The van der Waals surface area contributed by atoms with E-state index in [0.717, 1.165) is 17.1 Å². The second-order valence-corrected chi connectivity index (χ2v) is 8.07. The summed E-state index contributed by atoms with van der Waals surface area (Å²) in [6, 6.07) is 11.6. The third-order valence-corrected chi connectivity index (χ3v) is 5.51. The van der Waals surface area contributed by atoms with E-state index in [0.29, 0.717) is 19.6 Å². The van der Waals surface area contributed by atoms with E-state index in [9.17, 15) is 15.3 Å². The van der Waals surface area contributed by atoms with Gasteiger partial charge in [0, 0.05) is 38.2 Å². The largest absolute Gasteiger partial charge is 0.388 e. The predicted molar refractivity (Wildman–Crippen MR) is 114 cm³/mol. The fraction of sp³-hybridized carbons (Fsp3) is 0.455. The summed E-state index contributed by atoms with van der Waals surface area (Å²) in [5.74, 6) is 0. The number of pyridine rings is 2. The molecule has 1 fully saturated rings. The van der Waals surface area contributed by atoms with Gasteiger partial charge in [-0.25, -0.2) is 4.68 Å². The molecule has 170 valence electrons. The summed E-state index contributed by atoms with van der Waals surface area (Å²) in [6.45, 7) is 3.64. The Morgan fingerprint density at radius 3 is 2.09 bits per heavy atom. The van der Waals surface area contributed by atoms with Gasteiger partial charge in [0.2, 0.25) is 0 Å². The summed E-state index contributed by atoms with van der Waals surface area (Å²) in [5.41, 5.74) is 2.63. The summed E-state index contributed by atoms with van der Waals surface area (Å²) >= 11 is 0. The van der Waals surface area contributed by atoms with E-state index < -0.39 is 30.5 Å². The predicted octanol–water partition coefficient (Wildman–Crippen LogP) is 0.140. The van der Waals surface area contributed by atoms with Crippen LogP contribution in [0.2, 0.25) is 0 Å². The molecule has 10 heteroatoms. The molecular formula is C22H28N6O4. The molecule has 32 heavy (non-hydrogen) atoms. The molecule has 4 rings (SSSR count). The minimum Gasteiger partial charge on any atom is -0.388 e. The maximum absolute atomic E-state index is 10.2. The van der Waals surface area contributed by atoms with Crippen LogP contribution in [0.5, 0.6) is 0 Å². The van der Waals surface area contributed by atoms with Crippen molar-refractivity contribution in [1.29, 1.82) is 0 Å². The molecule has 3 aromatic rings. The Bertz CT molecular complexity index is 931. The van der Waals surface area contributed by atoms with Crippen molar-refractivity contribution in [2.75, 3.05) is 0 Å². The van der Waals surface area contributed by atoms with Gasteiger partial charge >= 0.3 is 0 Å². The first-order valence-corrected chi connectivity index (χ1v) is 10.6. The third-order valence-electron chi connectivity index (χ3n) is 5.51. The third kappa shape index (κ3) is 5.53. The molecule has 0 amide bonds. The zero-order chi connectivity index (χ0) is 22.5. The van der Waals surface area contributed by atoms with E-state index in [1.54, 1.807) is 30.2 Å². The Hall–Kier alpha value is -2.76. The monoisotopic (exact) mass is 440 g/mol. The van der Waals surface area contributed by atoms with Crippen molar-refractivity contribution in [3.05, 3.63) is 72.1 Å². The number of nitrogens with zero attached hydrogens (tertiary/aromatic N) is 6. The molecule has 3 N–H and O–H groups in total. The smallest absolute Gasteiger partial charge is 0.111 e. The van der Waals surface area contributed by atoms with Gasteiger partial charge in [-0.15, -0.1) is 5.10 Å². The van der Waals surface area contributed by atoms with Crippen molar-refractivity contribution in [3.8, 4) is 0 Å². The van der Waals surface area contributed by atoms with Crippen LogP contribution in [-0.4, -0.2) is 75.7 Å². The number of ether oxygens (including phenoxy) is 1. The normalized spacial score (nSPS) is 25.8. The number of hydrogen-bond acceptors (Lipinski definition) is 9. The Morgan fingerprint density at radius 2 is 1.50 bits per heavy atom. The quantitative estimate of drug-likeness (QED) is 0.448. The summed E-state index contributed by atoms with van der Waals surface area (Å²) in [4.78, 5) is 11.0. The van der Waals surface area contributed by atoms with Gasteiger partial charge in [0.25, 0.3) is 0 Å². The zero-order valence-electron chi connectivity index (χ0n) is 17.8. The molecule has 1 saturated heterocycles. The van der Waals surface area contributed by atoms with E-state index in [2.05, 4.69) is 25.2 Å². The van der Waals surface area contributed by atoms with Crippen LogP contribution in [0.25, 0.3) is 0 Å². The number of hydrogen-bond donors (Lipinski definition) is 3. The lowest BCUT2D eigenvalue weighted by Crippen LogP contribution is -2.57. The molecule has 4 heterocycles. The first-order valence-electron chi connectivity index (χ1n) is 10.6. The van der Waals surface area contributed by atoms with Crippen molar-refractivity contribution in [2.45, 2.75) is 63.6 Å². The highest BCUT2D eigenvalue weighted by atomic mass is 16.5. The Morgan fingerprint density at radius 1 is 0.875 bits per heavy atom. The lowest BCUT2D eigenvalue weighted by atomic mass is 9.96. The molecular weight excluding hydrogens is 412 g/mol. The maximum atomic E-state index is 10.2. The highest BCUT2D eigenvalue weighted by Gasteiger charge is 2.41. The maximum Gasteiger partial charge on any atom is 0.111 e. The van der Waals surface area contributed by atoms with Crippen LogP contribution in [0.3, 0.4) is 0 Å². The SMILES string of the molecule is CC1O[C@H](Cn2cc(CN(Cc3ccccn3)Cc3ccccn3)nn2)[C@H](O)[C@H](O)[C@H]1O. The van der Waals surface area contributed by atoms with Crippen molar-refractivity contribution in [3.63, 3.8) is 0 Å². The number of rotatable bonds is 8. The van der Waals surface area contributed by atoms with Crippen molar-refractivity contribution in [2.24, 2.45) is 0 Å². The van der Waals surface area contributed by atoms with Crippen LogP contribution in [0.15, 0.2) is 55.0 Å². The van der Waals surface area contributed by atoms with Crippen molar-refractivity contribution in [1.82, 2.24) is 29.9 Å². The Kier molecular flexibility index (Phi) is 7.18. The van der Waals surface area contributed by atoms with Crippen LogP contribution in [0, 0.1) is 0 Å². The van der Waals surface area contributed by atoms with Crippen molar-refractivity contribution >= 4 is 0 Å². The van der Waals surface area contributed by atoms with E-state index in [1.165, 1.54) is 0 Å². The van der Waals surface area contributed by atoms with Crippen molar-refractivity contribution < 1.29 is 20.1 Å². The molecule has 0 spiro atoms. The van der Waals surface area contributed by atoms with Gasteiger partial charge in [-0.1, -0.05) is 17.3 Å². The molecule has 10 nitrogen and oxygen atoms in total. The minimum absolute atomic E-state index is 0.211. The van der Waals surface area contributed by atoms with Crippen LogP contribution < -0.4 is 0 Å². The topological polar surface area (TPSA) is 130 Å². The molecule has 0 saturated carbocycles. The van der Waals surface area contributed by atoms with Gasteiger partial charge in [0.1, 0.15) is 24.4 Å². The highest BCUT2D eigenvalue weighted by molar-refractivity contribution is 5.07. The highest BCUT2D eigenvalue weighted by Crippen LogP contribution is 2.22. The van der Waals surface area contributed by atoms with Gasteiger partial charge in [0.15, 0.2) is 0 Å². The van der Waals surface area contributed by atoms with E-state index in [1.807, 2.05) is 36.4 Å². The number of aliphatic hydroxyl groups is 3. The standard InChI is InChI=1S/C22H28N6O4/c1-15-20(29)22(31)21(30)19(32-15)14-28-13-18(25-26-28)12-27(10-16-6-2-4-8-23-16)11-17-7-3-5-9-24-17/h2-9,13,15,19-22,29-31H,10-12,14H2,1H3/t15?,19-,20+,21+,22-/m1/s1. The second-order valence-electron chi connectivity index (χ2n) is 8.07. The fourth-order valence-electron chi connectivity index (χ4n) is 3.81. The average molecular weight is 441 g/mol. The van der Waals surface area contributed by atoms with E-state index >= 15 is 0 Å². The summed E-state index contributed by atoms with van der Waals surface area (Å²) in [6.07, 6.45) is 0.447. The van der Waals surface area contributed by atoms with E-state index in [-0.39, 0.29) is 6.54 Å². The summed E-state index contributed by atoms with van der Waals surface area (Å²) in [5, 5.41) is 38.6. The molecule has 0 radical (unpaired) electrons. The Labute approximate surface area is 186 Å². The van der Waals surface area contributed by atoms with Crippen LogP contribution in [-0.2, 0) is 30.9 Å². The Balaban J connectivity index is 1.43. The minimum atomic E-state index is -1.26. The zero-order valence-corrected chi connectivity index (χ0v) is 17.8. The molecule has 1 aliphatic heterocycles. The molecule has 0 aliphatic carbocycles. The van der Waals surface area contributed by atoms with Crippen LogP contribution in [0.4, 0.5) is 0 Å². The van der Waals surface area contributed by atoms with Gasteiger partial charge in [-0.2, -0.15) is 0 Å².